The lowest BCUT2D eigenvalue weighted by Gasteiger charge is -2.24. The number of benzene rings is 2. The second-order valence-electron chi connectivity index (χ2n) is 6.09. The van der Waals surface area contributed by atoms with E-state index in [1.807, 2.05) is 69.3 Å². The van der Waals surface area contributed by atoms with Crippen LogP contribution in [0, 0.1) is 0 Å². The van der Waals surface area contributed by atoms with Gasteiger partial charge in [0, 0.05) is 11.1 Å². The maximum Gasteiger partial charge on any atom is 0.306 e. The summed E-state index contributed by atoms with van der Waals surface area (Å²) < 4.78 is 28.6. The lowest BCUT2D eigenvalue weighted by molar-refractivity contribution is 0.477. The average Bonchev–Trinajstić information content (AvgIpc) is 2.37. The summed E-state index contributed by atoms with van der Waals surface area (Å²) in [4.78, 5) is 0. The molecule has 0 atom stereocenters. The van der Waals surface area contributed by atoms with Gasteiger partial charge in [-0.2, -0.15) is 8.42 Å². The molecule has 21 heavy (non-hydrogen) atoms. The highest BCUT2D eigenvalue weighted by Gasteiger charge is 2.24. The number of hydrogen-bond acceptors (Lipinski definition) is 3. The lowest BCUT2D eigenvalue weighted by atomic mass is 9.84. The van der Waals surface area contributed by atoms with E-state index in [0.29, 0.717) is 5.75 Å². The topological polar surface area (TPSA) is 43.4 Å². The van der Waals surface area contributed by atoms with E-state index < -0.39 is 10.1 Å². The Hall–Kier alpha value is -1.81. The lowest BCUT2D eigenvalue weighted by Crippen LogP contribution is -2.16. The van der Waals surface area contributed by atoms with Gasteiger partial charge in [-0.15, -0.1) is 0 Å². The second-order valence-corrected chi connectivity index (χ2v) is 7.66. The molecule has 0 aromatic heterocycles. The van der Waals surface area contributed by atoms with Crippen molar-refractivity contribution in [3.05, 3.63) is 54.1 Å². The van der Waals surface area contributed by atoms with E-state index in [9.17, 15) is 8.42 Å². The van der Waals surface area contributed by atoms with Gasteiger partial charge in [0.2, 0.25) is 0 Å². The maximum absolute atomic E-state index is 11.6. The van der Waals surface area contributed by atoms with Gasteiger partial charge in [-0.05, 0) is 11.0 Å². The van der Waals surface area contributed by atoms with E-state index in [2.05, 4.69) is 0 Å². The van der Waals surface area contributed by atoms with E-state index in [4.69, 9.17) is 4.18 Å². The normalized spacial score (nSPS) is 12.2. The van der Waals surface area contributed by atoms with Gasteiger partial charge in [0.05, 0.1) is 6.26 Å². The number of para-hydroxylation sites is 1. The Bertz CT molecular complexity index is 726. The van der Waals surface area contributed by atoms with Gasteiger partial charge in [-0.3, -0.25) is 0 Å². The molecule has 0 saturated carbocycles. The highest BCUT2D eigenvalue weighted by Crippen LogP contribution is 2.39. The van der Waals surface area contributed by atoms with Crippen LogP contribution < -0.4 is 4.18 Å². The Labute approximate surface area is 126 Å². The molecule has 0 unspecified atom stereocenters. The smallest absolute Gasteiger partial charge is 0.306 e. The first-order valence-corrected chi connectivity index (χ1v) is 8.58. The highest BCUT2D eigenvalue weighted by atomic mass is 32.2. The van der Waals surface area contributed by atoms with Crippen LogP contribution in [-0.4, -0.2) is 14.7 Å². The fourth-order valence-electron chi connectivity index (χ4n) is 2.21. The molecule has 0 amide bonds. The van der Waals surface area contributed by atoms with Gasteiger partial charge >= 0.3 is 10.1 Å². The van der Waals surface area contributed by atoms with Crippen molar-refractivity contribution in [3.63, 3.8) is 0 Å². The minimum atomic E-state index is -3.59. The molecule has 0 aliphatic carbocycles. The van der Waals surface area contributed by atoms with Crippen LogP contribution in [0.5, 0.6) is 5.75 Å². The molecule has 0 spiro atoms. The Morgan fingerprint density at radius 2 is 1.52 bits per heavy atom. The van der Waals surface area contributed by atoms with Crippen molar-refractivity contribution < 1.29 is 12.6 Å². The minimum absolute atomic E-state index is 0.217. The largest absolute Gasteiger partial charge is 0.382 e. The van der Waals surface area contributed by atoms with Crippen molar-refractivity contribution in [2.24, 2.45) is 0 Å². The van der Waals surface area contributed by atoms with Crippen molar-refractivity contribution in [2.45, 2.75) is 26.2 Å². The number of hydrogen-bond donors (Lipinski definition) is 0. The number of rotatable bonds is 3. The summed E-state index contributed by atoms with van der Waals surface area (Å²) in [5.74, 6) is 0.415. The summed E-state index contributed by atoms with van der Waals surface area (Å²) >= 11 is 0. The molecule has 2 aromatic rings. The van der Waals surface area contributed by atoms with Crippen LogP contribution in [0.3, 0.4) is 0 Å². The summed E-state index contributed by atoms with van der Waals surface area (Å²) in [5, 5.41) is 0. The third kappa shape index (κ3) is 3.85. The van der Waals surface area contributed by atoms with E-state index in [0.717, 1.165) is 22.9 Å². The van der Waals surface area contributed by atoms with Crippen LogP contribution in [0.4, 0.5) is 0 Å². The van der Waals surface area contributed by atoms with Crippen molar-refractivity contribution in [1.82, 2.24) is 0 Å². The predicted octanol–water partition coefficient (Wildman–Crippen LogP) is 3.99. The van der Waals surface area contributed by atoms with E-state index >= 15 is 0 Å². The van der Waals surface area contributed by atoms with Crippen LogP contribution in [0.25, 0.3) is 11.1 Å². The van der Waals surface area contributed by atoms with Crippen LogP contribution in [0.1, 0.15) is 26.3 Å². The summed E-state index contributed by atoms with van der Waals surface area (Å²) in [6.45, 7) is 6.10. The van der Waals surface area contributed by atoms with Crippen molar-refractivity contribution in [2.75, 3.05) is 6.26 Å². The van der Waals surface area contributed by atoms with Crippen LogP contribution in [0.2, 0.25) is 0 Å². The molecule has 0 aliphatic heterocycles. The van der Waals surface area contributed by atoms with E-state index in [1.165, 1.54) is 0 Å². The monoisotopic (exact) mass is 304 g/mol. The summed E-state index contributed by atoms with van der Waals surface area (Å²) in [7, 11) is -3.59. The van der Waals surface area contributed by atoms with Crippen molar-refractivity contribution >= 4 is 10.1 Å². The quantitative estimate of drug-likeness (QED) is 0.805. The van der Waals surface area contributed by atoms with E-state index in [-0.39, 0.29) is 5.41 Å². The zero-order valence-electron chi connectivity index (χ0n) is 12.8. The third-order valence-corrected chi connectivity index (χ3v) is 3.61. The van der Waals surface area contributed by atoms with Gasteiger partial charge in [-0.25, -0.2) is 0 Å². The molecule has 0 N–H and O–H groups in total. The Morgan fingerprint density at radius 1 is 0.905 bits per heavy atom. The molecular formula is C17H20O3S. The molecule has 112 valence electrons. The fourth-order valence-corrected chi connectivity index (χ4v) is 2.70. The maximum atomic E-state index is 11.6. The predicted molar refractivity (Wildman–Crippen MR) is 86.0 cm³/mol. The zero-order valence-corrected chi connectivity index (χ0v) is 13.6. The van der Waals surface area contributed by atoms with Crippen LogP contribution in [0.15, 0.2) is 48.5 Å². The first-order valence-electron chi connectivity index (χ1n) is 6.77. The zero-order chi connectivity index (χ0) is 15.7. The molecule has 0 aliphatic rings. The Balaban J connectivity index is 2.71. The first-order chi connectivity index (χ1) is 9.68. The summed E-state index contributed by atoms with van der Waals surface area (Å²) in [6, 6.07) is 15.4. The SMILES string of the molecule is CC(C)(C)c1cccc(-c2ccccc2)c1OS(C)(=O)=O. The van der Waals surface area contributed by atoms with Crippen LogP contribution in [-0.2, 0) is 15.5 Å². The average molecular weight is 304 g/mol. The molecule has 4 heteroatoms. The standard InChI is InChI=1S/C17H20O3S/c1-17(2,3)15-12-8-11-14(13-9-6-5-7-10-13)16(15)20-21(4,18)19/h5-12H,1-4H3. The van der Waals surface area contributed by atoms with Gasteiger partial charge in [0.25, 0.3) is 0 Å². The molecule has 0 saturated heterocycles. The van der Waals surface area contributed by atoms with Gasteiger partial charge < -0.3 is 4.18 Å². The Morgan fingerprint density at radius 3 is 2.05 bits per heavy atom. The molecule has 0 bridgehead atoms. The molecule has 0 radical (unpaired) electrons. The van der Waals surface area contributed by atoms with E-state index in [1.54, 1.807) is 0 Å². The minimum Gasteiger partial charge on any atom is -0.382 e. The molecule has 2 rings (SSSR count). The summed E-state index contributed by atoms with van der Waals surface area (Å²) in [6.07, 6.45) is 1.07. The summed E-state index contributed by atoms with van der Waals surface area (Å²) in [5.41, 5.74) is 2.37. The molecule has 2 aromatic carbocycles. The second kappa shape index (κ2) is 5.53. The van der Waals surface area contributed by atoms with Gasteiger partial charge in [0.15, 0.2) is 5.75 Å². The first kappa shape index (κ1) is 15.6. The van der Waals surface area contributed by atoms with Gasteiger partial charge in [0.1, 0.15) is 0 Å². The highest BCUT2D eigenvalue weighted by molar-refractivity contribution is 7.86. The molecule has 0 fully saturated rings. The molecule has 0 heterocycles. The fraction of sp³-hybridized carbons (Fsp3) is 0.294. The third-order valence-electron chi connectivity index (χ3n) is 3.14. The van der Waals surface area contributed by atoms with Gasteiger partial charge in [-0.1, -0.05) is 69.3 Å². The molecule has 3 nitrogen and oxygen atoms in total. The molecular weight excluding hydrogens is 284 g/mol. The van der Waals surface area contributed by atoms with Crippen LogP contribution >= 0.6 is 0 Å². The van der Waals surface area contributed by atoms with Crippen molar-refractivity contribution in [1.29, 1.82) is 0 Å². The van der Waals surface area contributed by atoms with Crippen molar-refractivity contribution in [3.8, 4) is 16.9 Å². The Kier molecular flexibility index (Phi) is 4.10.